The highest BCUT2D eigenvalue weighted by atomic mass is 32.2. The van der Waals surface area contributed by atoms with E-state index in [2.05, 4.69) is 12.2 Å². The van der Waals surface area contributed by atoms with E-state index in [0.717, 1.165) is 32.2 Å². The SMILES string of the molecule is CNCCCN(C)S(=O)(=O)N(C)C1CCCCC1C. The van der Waals surface area contributed by atoms with Gasteiger partial charge in [-0.15, -0.1) is 0 Å². The van der Waals surface area contributed by atoms with Gasteiger partial charge in [-0.25, -0.2) is 0 Å². The monoisotopic (exact) mass is 291 g/mol. The summed E-state index contributed by atoms with van der Waals surface area (Å²) in [5.74, 6) is 0.458. The first-order valence-electron chi connectivity index (χ1n) is 7.25. The summed E-state index contributed by atoms with van der Waals surface area (Å²) in [5, 5.41) is 3.04. The number of hydrogen-bond donors (Lipinski definition) is 1. The first kappa shape index (κ1) is 16.9. The molecule has 0 aromatic rings. The topological polar surface area (TPSA) is 52.7 Å². The van der Waals surface area contributed by atoms with E-state index in [1.54, 1.807) is 18.4 Å². The molecule has 2 unspecified atom stereocenters. The Balaban J connectivity index is 2.64. The molecule has 0 saturated heterocycles. The van der Waals surface area contributed by atoms with Crippen LogP contribution in [0.5, 0.6) is 0 Å². The van der Waals surface area contributed by atoms with Crippen molar-refractivity contribution in [1.29, 1.82) is 0 Å². The highest BCUT2D eigenvalue weighted by Gasteiger charge is 2.33. The van der Waals surface area contributed by atoms with Gasteiger partial charge in [0, 0.05) is 26.7 Å². The minimum absolute atomic E-state index is 0.158. The van der Waals surface area contributed by atoms with Crippen molar-refractivity contribution in [3.8, 4) is 0 Å². The first-order valence-corrected chi connectivity index (χ1v) is 8.65. The third-order valence-corrected chi connectivity index (χ3v) is 6.16. The van der Waals surface area contributed by atoms with E-state index in [4.69, 9.17) is 0 Å². The van der Waals surface area contributed by atoms with Gasteiger partial charge in [-0.05, 0) is 38.8 Å². The van der Waals surface area contributed by atoms with Crippen molar-refractivity contribution in [2.45, 2.75) is 45.1 Å². The second-order valence-corrected chi connectivity index (χ2v) is 7.73. The van der Waals surface area contributed by atoms with Crippen LogP contribution in [0.25, 0.3) is 0 Å². The van der Waals surface area contributed by atoms with Crippen LogP contribution in [0, 0.1) is 5.92 Å². The molecule has 1 aliphatic carbocycles. The van der Waals surface area contributed by atoms with Crippen LogP contribution in [-0.4, -0.2) is 57.3 Å². The van der Waals surface area contributed by atoms with Gasteiger partial charge in [-0.2, -0.15) is 17.0 Å². The van der Waals surface area contributed by atoms with E-state index < -0.39 is 10.2 Å². The van der Waals surface area contributed by atoms with Gasteiger partial charge in [0.15, 0.2) is 0 Å². The van der Waals surface area contributed by atoms with Gasteiger partial charge in [-0.3, -0.25) is 0 Å². The average Bonchev–Trinajstić information content (AvgIpc) is 2.38. The van der Waals surface area contributed by atoms with Crippen molar-refractivity contribution in [2.75, 3.05) is 34.2 Å². The summed E-state index contributed by atoms with van der Waals surface area (Å²) in [6.45, 7) is 3.56. The second kappa shape index (κ2) is 7.57. The van der Waals surface area contributed by atoms with Crippen molar-refractivity contribution < 1.29 is 8.42 Å². The molecule has 0 aromatic carbocycles. The summed E-state index contributed by atoms with van der Waals surface area (Å²) in [5.41, 5.74) is 0. The van der Waals surface area contributed by atoms with E-state index >= 15 is 0 Å². The summed E-state index contributed by atoms with van der Waals surface area (Å²) in [6.07, 6.45) is 5.32. The van der Waals surface area contributed by atoms with E-state index in [0.29, 0.717) is 12.5 Å². The predicted octanol–water partition coefficient (Wildman–Crippen LogP) is 1.28. The fourth-order valence-electron chi connectivity index (χ4n) is 2.82. The number of nitrogens with one attached hydrogen (secondary N) is 1. The highest BCUT2D eigenvalue weighted by Crippen LogP contribution is 2.29. The Morgan fingerprint density at radius 3 is 2.42 bits per heavy atom. The molecular weight excluding hydrogens is 262 g/mol. The smallest absolute Gasteiger partial charge is 0.281 e. The largest absolute Gasteiger partial charge is 0.320 e. The average molecular weight is 291 g/mol. The van der Waals surface area contributed by atoms with Crippen molar-refractivity contribution in [2.24, 2.45) is 5.92 Å². The summed E-state index contributed by atoms with van der Waals surface area (Å²) < 4.78 is 28.1. The molecule has 1 rings (SSSR count). The van der Waals surface area contributed by atoms with Gasteiger partial charge in [0.1, 0.15) is 0 Å². The molecule has 1 saturated carbocycles. The summed E-state index contributed by atoms with van der Waals surface area (Å²) in [7, 11) is 1.97. The molecule has 19 heavy (non-hydrogen) atoms. The molecule has 0 heterocycles. The Bertz CT molecular complexity index is 359. The van der Waals surface area contributed by atoms with Crippen LogP contribution in [0.2, 0.25) is 0 Å². The zero-order valence-electron chi connectivity index (χ0n) is 12.7. The second-order valence-electron chi connectivity index (χ2n) is 5.63. The fourth-order valence-corrected chi connectivity index (χ4v) is 4.28. The van der Waals surface area contributed by atoms with E-state index in [-0.39, 0.29) is 6.04 Å². The third-order valence-electron chi connectivity index (χ3n) is 4.19. The fraction of sp³-hybridized carbons (Fsp3) is 1.00. The van der Waals surface area contributed by atoms with Crippen LogP contribution in [0.1, 0.15) is 39.0 Å². The number of hydrogen-bond acceptors (Lipinski definition) is 3. The summed E-state index contributed by atoms with van der Waals surface area (Å²) >= 11 is 0. The molecule has 2 atom stereocenters. The normalized spacial score (nSPS) is 25.2. The van der Waals surface area contributed by atoms with Crippen LogP contribution >= 0.6 is 0 Å². The summed E-state index contributed by atoms with van der Waals surface area (Å²) in [4.78, 5) is 0. The standard InChI is InChI=1S/C13H29N3O2S/c1-12-8-5-6-9-13(12)16(4)19(17,18)15(3)11-7-10-14-2/h12-14H,5-11H2,1-4H3. The molecule has 0 radical (unpaired) electrons. The van der Waals surface area contributed by atoms with Gasteiger partial charge in [0.25, 0.3) is 10.2 Å². The van der Waals surface area contributed by atoms with Gasteiger partial charge in [0.2, 0.25) is 0 Å². The molecule has 5 nitrogen and oxygen atoms in total. The maximum atomic E-state index is 12.5. The van der Waals surface area contributed by atoms with Gasteiger partial charge in [0.05, 0.1) is 0 Å². The lowest BCUT2D eigenvalue weighted by atomic mass is 9.86. The molecule has 0 aliphatic heterocycles. The Morgan fingerprint density at radius 1 is 1.21 bits per heavy atom. The molecule has 0 spiro atoms. The van der Waals surface area contributed by atoms with Gasteiger partial charge < -0.3 is 5.32 Å². The Hall–Kier alpha value is -0.170. The molecule has 1 fully saturated rings. The van der Waals surface area contributed by atoms with Crippen LogP contribution in [0.15, 0.2) is 0 Å². The zero-order valence-corrected chi connectivity index (χ0v) is 13.5. The maximum absolute atomic E-state index is 12.5. The van der Waals surface area contributed by atoms with E-state index in [1.165, 1.54) is 10.7 Å². The van der Waals surface area contributed by atoms with Crippen LogP contribution in [-0.2, 0) is 10.2 Å². The number of nitrogens with zero attached hydrogens (tertiary/aromatic N) is 2. The van der Waals surface area contributed by atoms with Crippen LogP contribution in [0.3, 0.4) is 0 Å². The zero-order chi connectivity index (χ0) is 14.5. The first-order chi connectivity index (χ1) is 8.91. The lowest BCUT2D eigenvalue weighted by molar-refractivity contribution is 0.204. The van der Waals surface area contributed by atoms with Crippen LogP contribution < -0.4 is 5.32 Å². The van der Waals surface area contributed by atoms with Gasteiger partial charge in [-0.1, -0.05) is 19.8 Å². The van der Waals surface area contributed by atoms with Crippen molar-refractivity contribution in [3.05, 3.63) is 0 Å². The summed E-state index contributed by atoms with van der Waals surface area (Å²) in [6, 6.07) is 0.158. The molecule has 0 amide bonds. The van der Waals surface area contributed by atoms with E-state index in [1.807, 2.05) is 7.05 Å². The van der Waals surface area contributed by atoms with Crippen LogP contribution in [0.4, 0.5) is 0 Å². The predicted molar refractivity (Wildman–Crippen MR) is 79.3 cm³/mol. The molecule has 114 valence electrons. The lowest BCUT2D eigenvalue weighted by Crippen LogP contribution is -2.48. The molecular formula is C13H29N3O2S. The third kappa shape index (κ3) is 4.41. The minimum atomic E-state index is -3.31. The van der Waals surface area contributed by atoms with Crippen molar-refractivity contribution in [1.82, 2.24) is 13.9 Å². The Labute approximate surface area is 118 Å². The molecule has 6 heteroatoms. The molecule has 1 aliphatic rings. The van der Waals surface area contributed by atoms with E-state index in [9.17, 15) is 8.42 Å². The van der Waals surface area contributed by atoms with Crippen molar-refractivity contribution >= 4 is 10.2 Å². The molecule has 0 bridgehead atoms. The quantitative estimate of drug-likeness (QED) is 0.719. The van der Waals surface area contributed by atoms with Crippen molar-refractivity contribution in [3.63, 3.8) is 0 Å². The highest BCUT2D eigenvalue weighted by molar-refractivity contribution is 7.86. The Morgan fingerprint density at radius 2 is 1.84 bits per heavy atom. The van der Waals surface area contributed by atoms with Gasteiger partial charge >= 0.3 is 0 Å². The minimum Gasteiger partial charge on any atom is -0.320 e. The Kier molecular flexibility index (Phi) is 6.73. The number of rotatable bonds is 7. The molecule has 0 aromatic heterocycles. The molecule has 1 N–H and O–H groups in total. The lowest BCUT2D eigenvalue weighted by Gasteiger charge is -2.37. The maximum Gasteiger partial charge on any atom is 0.281 e.